The van der Waals surface area contributed by atoms with E-state index >= 15 is 4.39 Å². The van der Waals surface area contributed by atoms with Crippen molar-refractivity contribution in [3.63, 3.8) is 0 Å². The van der Waals surface area contributed by atoms with E-state index in [0.29, 0.717) is 0 Å². The molecule has 1 heterocycles. The molecule has 2 N–H and O–H groups in total. The van der Waals surface area contributed by atoms with Crippen molar-refractivity contribution >= 4 is 10.9 Å². The normalized spacial score (nSPS) is 13.8. The first-order valence-corrected chi connectivity index (χ1v) is 9.84. The molecule has 0 radical (unpaired) electrons. The first kappa shape index (κ1) is 24.6. The van der Waals surface area contributed by atoms with Crippen LogP contribution >= 0.6 is 0 Å². The number of rotatable bonds is 5. The number of aromatic nitrogens is 1. The van der Waals surface area contributed by atoms with Crippen molar-refractivity contribution in [2.24, 2.45) is 11.1 Å². The average Bonchev–Trinajstić information content (AvgIpc) is 3.01. The van der Waals surface area contributed by atoms with Crippen LogP contribution in [0.4, 0.5) is 30.7 Å². The highest BCUT2D eigenvalue weighted by molar-refractivity contribution is 5.89. The standard InChI is InChI=1S/C23H20F7N3/c1-21(2,7-8-31)12-33-11-16(20(32)23(28,29)30)15-9-18(24)14(10-19(15)33)13-5-3-4-6-17(13)22(25,26)27/h3-6,9-11,20H,7,12,32H2,1-2H3/t20-/m0/s1. The van der Waals surface area contributed by atoms with Crippen LogP contribution in [0.25, 0.3) is 22.0 Å². The van der Waals surface area contributed by atoms with Crippen LogP contribution in [0.15, 0.2) is 42.6 Å². The minimum absolute atomic E-state index is 0.0631. The quantitative estimate of drug-likeness (QED) is 0.409. The van der Waals surface area contributed by atoms with Gasteiger partial charge in [0.2, 0.25) is 0 Å². The Morgan fingerprint density at radius 2 is 1.67 bits per heavy atom. The van der Waals surface area contributed by atoms with Gasteiger partial charge in [-0.15, -0.1) is 0 Å². The van der Waals surface area contributed by atoms with Crippen molar-refractivity contribution in [3.8, 4) is 17.2 Å². The zero-order valence-electron chi connectivity index (χ0n) is 17.7. The summed E-state index contributed by atoms with van der Waals surface area (Å²) in [6.07, 6.45) is -8.39. The molecular formula is C23H20F7N3. The number of nitrogens with zero attached hydrogens (tertiary/aromatic N) is 2. The summed E-state index contributed by atoms with van der Waals surface area (Å²) in [4.78, 5) is 0. The molecule has 0 fully saturated rings. The first-order valence-electron chi connectivity index (χ1n) is 9.84. The zero-order valence-corrected chi connectivity index (χ0v) is 17.7. The number of nitrogens with two attached hydrogens (primary N) is 1. The van der Waals surface area contributed by atoms with Gasteiger partial charge in [-0.3, -0.25) is 0 Å². The Labute approximate surface area is 185 Å². The Morgan fingerprint density at radius 3 is 2.24 bits per heavy atom. The molecular weight excluding hydrogens is 451 g/mol. The number of benzene rings is 2. The average molecular weight is 471 g/mol. The molecule has 3 rings (SSSR count). The molecule has 0 aliphatic carbocycles. The van der Waals surface area contributed by atoms with E-state index in [1.165, 1.54) is 10.6 Å². The van der Waals surface area contributed by atoms with Crippen molar-refractivity contribution in [1.82, 2.24) is 4.57 Å². The molecule has 1 aromatic heterocycles. The summed E-state index contributed by atoms with van der Waals surface area (Å²) in [5.74, 6) is -1.11. The summed E-state index contributed by atoms with van der Waals surface area (Å²) < 4.78 is 97.0. The molecule has 10 heteroatoms. The number of hydrogen-bond donors (Lipinski definition) is 1. The summed E-state index contributed by atoms with van der Waals surface area (Å²) in [7, 11) is 0. The van der Waals surface area contributed by atoms with Crippen LogP contribution in [0.5, 0.6) is 0 Å². The predicted molar refractivity (Wildman–Crippen MR) is 109 cm³/mol. The SMILES string of the molecule is CC(C)(CC#N)Cn1cc([C@H](N)C(F)(F)F)c2cc(F)c(-c3ccccc3C(F)(F)F)cc21. The fourth-order valence-corrected chi connectivity index (χ4v) is 3.80. The lowest BCUT2D eigenvalue weighted by molar-refractivity contribution is -0.148. The Kier molecular flexibility index (Phi) is 6.24. The maximum Gasteiger partial charge on any atom is 0.417 e. The predicted octanol–water partition coefficient (Wildman–Crippen LogP) is 6.97. The van der Waals surface area contributed by atoms with Gasteiger partial charge >= 0.3 is 12.4 Å². The van der Waals surface area contributed by atoms with Gasteiger partial charge in [0.25, 0.3) is 0 Å². The molecule has 0 aliphatic rings. The third kappa shape index (κ3) is 4.98. The zero-order chi connectivity index (χ0) is 24.8. The molecule has 33 heavy (non-hydrogen) atoms. The van der Waals surface area contributed by atoms with Crippen LogP contribution in [0.1, 0.15) is 37.4 Å². The van der Waals surface area contributed by atoms with Crippen molar-refractivity contribution in [3.05, 3.63) is 59.5 Å². The Bertz CT molecular complexity index is 1210. The van der Waals surface area contributed by atoms with E-state index in [4.69, 9.17) is 11.0 Å². The molecule has 0 unspecified atom stereocenters. The number of alkyl halides is 6. The van der Waals surface area contributed by atoms with Crippen LogP contribution in [-0.4, -0.2) is 10.7 Å². The Hall–Kier alpha value is -3.06. The highest BCUT2D eigenvalue weighted by Gasteiger charge is 2.40. The number of halogens is 7. The van der Waals surface area contributed by atoms with Gasteiger partial charge in [-0.25, -0.2) is 4.39 Å². The molecule has 2 aromatic carbocycles. The lowest BCUT2D eigenvalue weighted by Crippen LogP contribution is -2.28. The molecule has 0 bridgehead atoms. The monoisotopic (exact) mass is 471 g/mol. The third-order valence-electron chi connectivity index (χ3n) is 5.37. The van der Waals surface area contributed by atoms with Gasteiger partial charge in [-0.2, -0.15) is 31.6 Å². The lowest BCUT2D eigenvalue weighted by Gasteiger charge is -2.23. The lowest BCUT2D eigenvalue weighted by atomic mass is 9.90. The smallest absolute Gasteiger partial charge is 0.347 e. The van der Waals surface area contributed by atoms with Gasteiger partial charge in [-0.05, 0) is 29.2 Å². The van der Waals surface area contributed by atoms with Crippen molar-refractivity contribution in [2.75, 3.05) is 0 Å². The van der Waals surface area contributed by atoms with Crippen molar-refractivity contribution in [1.29, 1.82) is 5.26 Å². The van der Waals surface area contributed by atoms with Crippen LogP contribution in [0.2, 0.25) is 0 Å². The molecule has 0 amide bonds. The van der Waals surface area contributed by atoms with Crippen LogP contribution in [-0.2, 0) is 12.7 Å². The summed E-state index contributed by atoms with van der Waals surface area (Å²) >= 11 is 0. The second-order valence-corrected chi connectivity index (χ2v) is 8.62. The van der Waals surface area contributed by atoms with Crippen LogP contribution in [0.3, 0.4) is 0 Å². The summed E-state index contributed by atoms with van der Waals surface area (Å²) in [5, 5.41) is 8.89. The van der Waals surface area contributed by atoms with Crippen LogP contribution < -0.4 is 5.73 Å². The van der Waals surface area contributed by atoms with E-state index in [-0.39, 0.29) is 23.9 Å². The summed E-state index contributed by atoms with van der Waals surface area (Å²) in [6.45, 7) is 3.50. The summed E-state index contributed by atoms with van der Waals surface area (Å²) in [5.41, 5.74) is 2.49. The topological polar surface area (TPSA) is 54.7 Å². The van der Waals surface area contributed by atoms with Gasteiger partial charge < -0.3 is 10.3 Å². The molecule has 3 nitrogen and oxygen atoms in total. The third-order valence-corrected chi connectivity index (χ3v) is 5.37. The summed E-state index contributed by atoms with van der Waals surface area (Å²) in [6, 6.07) is 5.84. The molecule has 3 aromatic rings. The van der Waals surface area contributed by atoms with E-state index in [0.717, 1.165) is 36.5 Å². The number of nitriles is 1. The molecule has 176 valence electrons. The second-order valence-electron chi connectivity index (χ2n) is 8.62. The minimum Gasteiger partial charge on any atom is -0.347 e. The maximum absolute atomic E-state index is 15.0. The number of hydrogen-bond acceptors (Lipinski definition) is 2. The van der Waals surface area contributed by atoms with Gasteiger partial charge in [-0.1, -0.05) is 32.0 Å². The minimum atomic E-state index is -4.82. The fraction of sp³-hybridized carbons (Fsp3) is 0.348. The maximum atomic E-state index is 15.0. The van der Waals surface area contributed by atoms with Gasteiger partial charge in [0.15, 0.2) is 0 Å². The van der Waals surface area contributed by atoms with E-state index in [1.54, 1.807) is 13.8 Å². The first-order chi connectivity index (χ1) is 15.2. The van der Waals surface area contributed by atoms with E-state index in [1.807, 2.05) is 6.07 Å². The van der Waals surface area contributed by atoms with E-state index in [9.17, 15) is 26.3 Å². The second kappa shape index (κ2) is 8.37. The number of fused-ring (bicyclic) bond motifs is 1. The molecule has 1 atom stereocenters. The molecule has 0 aliphatic heterocycles. The van der Waals surface area contributed by atoms with Gasteiger partial charge in [0, 0.05) is 41.2 Å². The Balaban J connectivity index is 2.31. The molecule has 0 saturated carbocycles. The van der Waals surface area contributed by atoms with Gasteiger partial charge in [0.1, 0.15) is 11.9 Å². The molecule has 0 saturated heterocycles. The Morgan fingerprint density at radius 1 is 1.03 bits per heavy atom. The fourth-order valence-electron chi connectivity index (χ4n) is 3.80. The largest absolute Gasteiger partial charge is 0.417 e. The highest BCUT2D eigenvalue weighted by Crippen LogP contribution is 2.42. The van der Waals surface area contributed by atoms with Crippen molar-refractivity contribution < 1.29 is 30.7 Å². The van der Waals surface area contributed by atoms with E-state index < -0.39 is 51.9 Å². The van der Waals surface area contributed by atoms with Gasteiger partial charge in [0.05, 0.1) is 11.6 Å². The molecule has 0 spiro atoms. The van der Waals surface area contributed by atoms with E-state index in [2.05, 4.69) is 0 Å². The van der Waals surface area contributed by atoms with Crippen LogP contribution in [0, 0.1) is 22.6 Å². The van der Waals surface area contributed by atoms with Crippen molar-refractivity contribution in [2.45, 2.75) is 45.2 Å². The highest BCUT2D eigenvalue weighted by atomic mass is 19.4.